The molecule has 0 unspecified atom stereocenters. The fraction of sp³-hybridized carbons (Fsp3) is 0.217. The fourth-order valence-corrected chi connectivity index (χ4v) is 3.10. The van der Waals surface area contributed by atoms with Crippen LogP contribution in [-0.4, -0.2) is 0 Å². The van der Waals surface area contributed by atoms with Crippen LogP contribution in [0.15, 0.2) is 66.7 Å². The second-order valence-electron chi connectivity index (χ2n) is 6.41. The van der Waals surface area contributed by atoms with Gasteiger partial charge in [0.1, 0.15) is 0 Å². The molecular weight excluding hydrogens is 314 g/mol. The van der Waals surface area contributed by atoms with E-state index in [0.717, 1.165) is 28.8 Å². The summed E-state index contributed by atoms with van der Waals surface area (Å²) in [5, 5.41) is 2.02. The van der Waals surface area contributed by atoms with E-state index in [2.05, 4.69) is 37.3 Å². The van der Waals surface area contributed by atoms with Crippen LogP contribution in [0.5, 0.6) is 0 Å². The molecule has 0 aliphatic rings. The fourth-order valence-electron chi connectivity index (χ4n) is 3.10. The van der Waals surface area contributed by atoms with Crippen LogP contribution in [0, 0.1) is 0 Å². The SMILES string of the molecule is CCCCCc1ccc(-c2ccc3cc(C=C(F)F)ccc3c2)cc1. The van der Waals surface area contributed by atoms with E-state index in [1.165, 1.54) is 30.4 Å². The molecule has 0 N–H and O–H groups in total. The van der Waals surface area contributed by atoms with Crippen molar-refractivity contribution in [2.24, 2.45) is 0 Å². The molecule has 3 aromatic rings. The summed E-state index contributed by atoms with van der Waals surface area (Å²) in [6, 6.07) is 20.3. The molecule has 2 heteroatoms. The Morgan fingerprint density at radius 2 is 1.48 bits per heavy atom. The highest BCUT2D eigenvalue weighted by atomic mass is 19.3. The monoisotopic (exact) mass is 336 g/mol. The molecule has 25 heavy (non-hydrogen) atoms. The quantitative estimate of drug-likeness (QED) is 0.409. The van der Waals surface area contributed by atoms with Gasteiger partial charge in [-0.3, -0.25) is 0 Å². The van der Waals surface area contributed by atoms with Crippen LogP contribution in [0.3, 0.4) is 0 Å². The van der Waals surface area contributed by atoms with Crippen LogP contribution < -0.4 is 0 Å². The molecule has 0 aromatic heterocycles. The van der Waals surface area contributed by atoms with Crippen molar-refractivity contribution in [2.75, 3.05) is 0 Å². The highest BCUT2D eigenvalue weighted by Gasteiger charge is 2.02. The zero-order valence-corrected chi connectivity index (χ0v) is 14.4. The minimum Gasteiger partial charge on any atom is -0.173 e. The molecule has 0 saturated heterocycles. The molecule has 0 amide bonds. The molecule has 0 heterocycles. The average molecular weight is 336 g/mol. The predicted molar refractivity (Wildman–Crippen MR) is 103 cm³/mol. The number of unbranched alkanes of at least 4 members (excludes halogenated alkanes) is 2. The Hall–Kier alpha value is -2.48. The summed E-state index contributed by atoms with van der Waals surface area (Å²) in [6.45, 7) is 2.22. The minimum absolute atomic E-state index is 0.525. The van der Waals surface area contributed by atoms with Crippen LogP contribution in [-0.2, 0) is 6.42 Å². The molecule has 0 bridgehead atoms. The van der Waals surface area contributed by atoms with Crippen molar-refractivity contribution < 1.29 is 8.78 Å². The van der Waals surface area contributed by atoms with E-state index in [1.807, 2.05) is 18.2 Å². The van der Waals surface area contributed by atoms with E-state index < -0.39 is 6.08 Å². The van der Waals surface area contributed by atoms with Gasteiger partial charge in [-0.05, 0) is 58.0 Å². The molecule has 0 spiro atoms. The number of benzene rings is 3. The van der Waals surface area contributed by atoms with Crippen LogP contribution in [0.1, 0.15) is 37.3 Å². The molecule has 0 saturated carbocycles. The zero-order valence-electron chi connectivity index (χ0n) is 14.4. The lowest BCUT2D eigenvalue weighted by molar-refractivity contribution is 0.429. The summed E-state index contributed by atoms with van der Waals surface area (Å²) in [6.07, 6.45) is 4.11. The predicted octanol–water partition coefficient (Wildman–Crippen LogP) is 7.48. The van der Waals surface area contributed by atoms with E-state index >= 15 is 0 Å². The van der Waals surface area contributed by atoms with Gasteiger partial charge in [0, 0.05) is 6.08 Å². The molecule has 0 aliphatic carbocycles. The van der Waals surface area contributed by atoms with Gasteiger partial charge in [0.2, 0.25) is 0 Å². The van der Waals surface area contributed by atoms with Crippen molar-refractivity contribution >= 4 is 16.8 Å². The maximum Gasteiger partial charge on any atom is 0.270 e. The van der Waals surface area contributed by atoms with Crippen molar-refractivity contribution in [2.45, 2.75) is 32.6 Å². The first-order valence-electron chi connectivity index (χ1n) is 8.81. The average Bonchev–Trinajstić information content (AvgIpc) is 2.62. The van der Waals surface area contributed by atoms with Crippen LogP contribution >= 0.6 is 0 Å². The summed E-state index contributed by atoms with van der Waals surface area (Å²) in [7, 11) is 0. The second-order valence-corrected chi connectivity index (χ2v) is 6.41. The molecule has 3 aromatic carbocycles. The molecule has 0 nitrogen and oxygen atoms in total. The van der Waals surface area contributed by atoms with Crippen LogP contribution in [0.4, 0.5) is 8.78 Å². The third-order valence-electron chi connectivity index (χ3n) is 4.50. The lowest BCUT2D eigenvalue weighted by Crippen LogP contribution is -1.86. The normalized spacial score (nSPS) is 10.8. The molecule has 0 radical (unpaired) electrons. The Balaban J connectivity index is 1.82. The smallest absolute Gasteiger partial charge is 0.173 e. The van der Waals surface area contributed by atoms with Gasteiger partial charge in [0.05, 0.1) is 0 Å². The van der Waals surface area contributed by atoms with Gasteiger partial charge in [-0.1, -0.05) is 68.3 Å². The summed E-state index contributed by atoms with van der Waals surface area (Å²) < 4.78 is 24.8. The number of aryl methyl sites for hydroxylation is 1. The lowest BCUT2D eigenvalue weighted by Gasteiger charge is -2.07. The standard InChI is InChI=1S/C23H22F2/c1-2-3-4-5-17-6-9-19(10-7-17)21-13-12-20-14-18(15-23(24)25)8-11-22(20)16-21/h6-16H,2-5H2,1H3. The minimum atomic E-state index is -1.67. The summed E-state index contributed by atoms with van der Waals surface area (Å²) in [4.78, 5) is 0. The van der Waals surface area contributed by atoms with Gasteiger partial charge in [-0.15, -0.1) is 0 Å². The molecule has 0 atom stereocenters. The number of rotatable bonds is 6. The summed E-state index contributed by atoms with van der Waals surface area (Å²) in [5.41, 5.74) is 4.23. The maximum absolute atomic E-state index is 12.4. The van der Waals surface area contributed by atoms with Crippen molar-refractivity contribution in [3.8, 4) is 11.1 Å². The molecule has 3 rings (SSSR count). The third-order valence-corrected chi connectivity index (χ3v) is 4.50. The van der Waals surface area contributed by atoms with Crippen molar-refractivity contribution in [3.63, 3.8) is 0 Å². The number of hydrogen-bond donors (Lipinski definition) is 0. The Morgan fingerprint density at radius 3 is 2.20 bits per heavy atom. The van der Waals surface area contributed by atoms with Crippen molar-refractivity contribution in [3.05, 3.63) is 77.9 Å². The van der Waals surface area contributed by atoms with Gasteiger partial charge in [-0.2, -0.15) is 8.78 Å². The van der Waals surface area contributed by atoms with E-state index in [9.17, 15) is 8.78 Å². The van der Waals surface area contributed by atoms with Crippen molar-refractivity contribution in [1.29, 1.82) is 0 Å². The van der Waals surface area contributed by atoms with Gasteiger partial charge in [-0.25, -0.2) is 0 Å². The van der Waals surface area contributed by atoms with Gasteiger partial charge >= 0.3 is 0 Å². The summed E-state index contributed by atoms with van der Waals surface area (Å²) in [5.74, 6) is 0. The van der Waals surface area contributed by atoms with Gasteiger partial charge < -0.3 is 0 Å². The first-order valence-corrected chi connectivity index (χ1v) is 8.81. The van der Waals surface area contributed by atoms with Gasteiger partial charge in [0.25, 0.3) is 6.08 Å². The summed E-state index contributed by atoms with van der Waals surface area (Å²) >= 11 is 0. The Morgan fingerprint density at radius 1 is 0.800 bits per heavy atom. The van der Waals surface area contributed by atoms with E-state index in [1.54, 1.807) is 12.1 Å². The van der Waals surface area contributed by atoms with Crippen LogP contribution in [0.2, 0.25) is 0 Å². The molecular formula is C23H22F2. The van der Waals surface area contributed by atoms with E-state index in [0.29, 0.717) is 5.56 Å². The topological polar surface area (TPSA) is 0 Å². The number of halogens is 2. The van der Waals surface area contributed by atoms with Crippen molar-refractivity contribution in [1.82, 2.24) is 0 Å². The molecule has 128 valence electrons. The molecule has 0 fully saturated rings. The second kappa shape index (κ2) is 8.06. The third kappa shape index (κ3) is 4.54. The maximum atomic E-state index is 12.4. The highest BCUT2D eigenvalue weighted by Crippen LogP contribution is 2.26. The number of fused-ring (bicyclic) bond motifs is 1. The zero-order chi connectivity index (χ0) is 17.6. The van der Waals surface area contributed by atoms with Crippen LogP contribution in [0.25, 0.3) is 28.0 Å². The Kier molecular flexibility index (Phi) is 5.60. The Bertz CT molecular complexity index is 872. The molecule has 0 aliphatic heterocycles. The Labute approximate surface area is 147 Å². The highest BCUT2D eigenvalue weighted by molar-refractivity contribution is 5.89. The first kappa shape index (κ1) is 17.3. The van der Waals surface area contributed by atoms with E-state index in [-0.39, 0.29) is 0 Å². The lowest BCUT2D eigenvalue weighted by atomic mass is 9.98. The van der Waals surface area contributed by atoms with E-state index in [4.69, 9.17) is 0 Å². The largest absolute Gasteiger partial charge is 0.270 e. The number of hydrogen-bond acceptors (Lipinski definition) is 0. The van der Waals surface area contributed by atoms with Gasteiger partial charge in [0.15, 0.2) is 0 Å². The first-order chi connectivity index (χ1) is 12.2.